The van der Waals surface area contributed by atoms with Gasteiger partial charge in [-0.1, -0.05) is 18.1 Å². The summed E-state index contributed by atoms with van der Waals surface area (Å²) in [6, 6.07) is 7.57. The van der Waals surface area contributed by atoms with Gasteiger partial charge in [-0.2, -0.15) is 0 Å². The molecule has 1 rings (SSSR count). The Balaban J connectivity index is 2.35. The van der Waals surface area contributed by atoms with Crippen LogP contribution in [0.5, 0.6) is 5.75 Å². The van der Waals surface area contributed by atoms with Gasteiger partial charge in [0, 0.05) is 7.11 Å². The lowest BCUT2D eigenvalue weighted by molar-refractivity contribution is -0.122. The fourth-order valence-corrected chi connectivity index (χ4v) is 1.32. The highest BCUT2D eigenvalue weighted by Crippen LogP contribution is 2.12. The molecule has 0 spiro atoms. The molecule has 0 saturated carbocycles. The SMILES string of the molecule is C#CCNC(=O)COc1ccc(CCOC)cc1. The summed E-state index contributed by atoms with van der Waals surface area (Å²) in [5.41, 5.74) is 1.17. The van der Waals surface area contributed by atoms with E-state index in [4.69, 9.17) is 15.9 Å². The molecule has 1 amide bonds. The van der Waals surface area contributed by atoms with E-state index in [0.29, 0.717) is 12.4 Å². The van der Waals surface area contributed by atoms with Crippen molar-refractivity contribution in [2.75, 3.05) is 26.9 Å². The number of rotatable bonds is 7. The molecule has 0 aliphatic carbocycles. The largest absolute Gasteiger partial charge is 0.484 e. The Kier molecular flexibility index (Phi) is 6.37. The number of terminal acetylenes is 1. The van der Waals surface area contributed by atoms with Crippen molar-refractivity contribution in [1.82, 2.24) is 5.32 Å². The van der Waals surface area contributed by atoms with Crippen LogP contribution in [-0.4, -0.2) is 32.8 Å². The summed E-state index contributed by atoms with van der Waals surface area (Å²) in [5.74, 6) is 2.76. The summed E-state index contributed by atoms with van der Waals surface area (Å²) < 4.78 is 10.3. The summed E-state index contributed by atoms with van der Waals surface area (Å²) in [6.45, 7) is 0.881. The Labute approximate surface area is 107 Å². The van der Waals surface area contributed by atoms with Gasteiger partial charge < -0.3 is 14.8 Å². The van der Waals surface area contributed by atoms with Crippen molar-refractivity contribution < 1.29 is 14.3 Å². The number of nitrogens with one attached hydrogen (secondary N) is 1. The summed E-state index contributed by atoms with van der Waals surface area (Å²) in [4.78, 5) is 11.2. The van der Waals surface area contributed by atoms with Crippen molar-refractivity contribution in [1.29, 1.82) is 0 Å². The minimum absolute atomic E-state index is 0.0287. The number of carbonyl (C=O) groups is 1. The Morgan fingerprint density at radius 1 is 1.39 bits per heavy atom. The summed E-state index contributed by atoms with van der Waals surface area (Å²) >= 11 is 0. The molecular formula is C14H17NO3. The van der Waals surface area contributed by atoms with Crippen molar-refractivity contribution in [2.45, 2.75) is 6.42 Å². The van der Waals surface area contributed by atoms with E-state index >= 15 is 0 Å². The van der Waals surface area contributed by atoms with E-state index in [0.717, 1.165) is 6.42 Å². The smallest absolute Gasteiger partial charge is 0.258 e. The second-order valence-corrected chi connectivity index (χ2v) is 3.66. The molecule has 0 saturated heterocycles. The topological polar surface area (TPSA) is 47.6 Å². The number of carbonyl (C=O) groups excluding carboxylic acids is 1. The lowest BCUT2D eigenvalue weighted by atomic mass is 10.1. The van der Waals surface area contributed by atoms with Gasteiger partial charge in [0.05, 0.1) is 13.2 Å². The van der Waals surface area contributed by atoms with E-state index < -0.39 is 0 Å². The molecule has 0 atom stereocenters. The molecule has 18 heavy (non-hydrogen) atoms. The van der Waals surface area contributed by atoms with Crippen molar-refractivity contribution in [3.63, 3.8) is 0 Å². The number of amides is 1. The van der Waals surface area contributed by atoms with Gasteiger partial charge in [-0.3, -0.25) is 4.79 Å². The third-order valence-electron chi connectivity index (χ3n) is 2.28. The molecule has 4 nitrogen and oxygen atoms in total. The van der Waals surface area contributed by atoms with Gasteiger partial charge in [0.15, 0.2) is 6.61 Å². The van der Waals surface area contributed by atoms with Crippen LogP contribution in [0, 0.1) is 12.3 Å². The third-order valence-corrected chi connectivity index (χ3v) is 2.28. The van der Waals surface area contributed by atoms with E-state index in [1.54, 1.807) is 7.11 Å². The molecule has 0 aromatic heterocycles. The maximum atomic E-state index is 11.2. The number of hydrogen-bond donors (Lipinski definition) is 1. The van der Waals surface area contributed by atoms with Crippen molar-refractivity contribution >= 4 is 5.91 Å². The van der Waals surface area contributed by atoms with Gasteiger partial charge in [0.2, 0.25) is 0 Å². The molecule has 0 bridgehead atoms. The molecule has 1 aromatic rings. The van der Waals surface area contributed by atoms with Crippen LogP contribution < -0.4 is 10.1 Å². The van der Waals surface area contributed by atoms with Crippen LogP contribution in [0.15, 0.2) is 24.3 Å². The average Bonchev–Trinajstić information content (AvgIpc) is 2.41. The lowest BCUT2D eigenvalue weighted by Crippen LogP contribution is -2.28. The van der Waals surface area contributed by atoms with Crippen molar-refractivity contribution in [3.05, 3.63) is 29.8 Å². The Morgan fingerprint density at radius 2 is 2.11 bits per heavy atom. The summed E-state index contributed by atoms with van der Waals surface area (Å²) in [7, 11) is 1.67. The molecule has 0 aliphatic heterocycles. The first-order chi connectivity index (χ1) is 8.76. The monoisotopic (exact) mass is 247 g/mol. The molecule has 0 unspecified atom stereocenters. The first-order valence-corrected chi connectivity index (χ1v) is 5.67. The zero-order chi connectivity index (χ0) is 13.2. The fraction of sp³-hybridized carbons (Fsp3) is 0.357. The normalized spacial score (nSPS) is 9.56. The van der Waals surface area contributed by atoms with Gasteiger partial charge in [0.25, 0.3) is 5.91 Å². The molecule has 0 fully saturated rings. The third kappa shape index (κ3) is 5.37. The highest BCUT2D eigenvalue weighted by molar-refractivity contribution is 5.77. The standard InChI is InChI=1S/C14H17NO3/c1-3-9-15-14(16)11-18-13-6-4-12(5-7-13)8-10-17-2/h1,4-7H,8-11H2,2H3,(H,15,16). The molecule has 1 N–H and O–H groups in total. The van der Waals surface area contributed by atoms with E-state index in [2.05, 4.69) is 11.2 Å². The Morgan fingerprint density at radius 3 is 2.72 bits per heavy atom. The first-order valence-electron chi connectivity index (χ1n) is 5.67. The van der Waals surface area contributed by atoms with Crippen LogP contribution in [0.3, 0.4) is 0 Å². The summed E-state index contributed by atoms with van der Waals surface area (Å²) in [6.07, 6.45) is 5.89. The van der Waals surface area contributed by atoms with Gasteiger partial charge in [-0.25, -0.2) is 0 Å². The highest BCUT2D eigenvalue weighted by Gasteiger charge is 2.01. The zero-order valence-electron chi connectivity index (χ0n) is 10.4. The first kappa shape index (κ1) is 14.1. The van der Waals surface area contributed by atoms with Crippen LogP contribution in [0.4, 0.5) is 0 Å². The molecule has 1 aromatic carbocycles. The molecule has 0 aliphatic rings. The lowest BCUT2D eigenvalue weighted by Gasteiger charge is -2.07. The maximum absolute atomic E-state index is 11.2. The zero-order valence-corrected chi connectivity index (χ0v) is 10.4. The highest BCUT2D eigenvalue weighted by atomic mass is 16.5. The second-order valence-electron chi connectivity index (χ2n) is 3.66. The molecule has 0 heterocycles. The van der Waals surface area contributed by atoms with Crippen LogP contribution in [0.25, 0.3) is 0 Å². The Bertz CT molecular complexity index is 406. The average molecular weight is 247 g/mol. The van der Waals surface area contributed by atoms with Crippen LogP contribution in [-0.2, 0) is 16.0 Å². The van der Waals surface area contributed by atoms with E-state index in [-0.39, 0.29) is 19.1 Å². The quantitative estimate of drug-likeness (QED) is 0.731. The second kappa shape index (κ2) is 8.15. The minimum Gasteiger partial charge on any atom is -0.484 e. The van der Waals surface area contributed by atoms with E-state index in [9.17, 15) is 4.79 Å². The van der Waals surface area contributed by atoms with E-state index in [1.807, 2.05) is 24.3 Å². The predicted octanol–water partition coefficient (Wildman–Crippen LogP) is 1.00. The van der Waals surface area contributed by atoms with Crippen molar-refractivity contribution in [3.8, 4) is 18.1 Å². The van der Waals surface area contributed by atoms with Crippen LogP contribution in [0.1, 0.15) is 5.56 Å². The predicted molar refractivity (Wildman–Crippen MR) is 69.4 cm³/mol. The minimum atomic E-state index is -0.226. The Hall–Kier alpha value is -1.99. The van der Waals surface area contributed by atoms with Crippen molar-refractivity contribution in [2.24, 2.45) is 0 Å². The molecule has 96 valence electrons. The van der Waals surface area contributed by atoms with Crippen LogP contribution in [0.2, 0.25) is 0 Å². The van der Waals surface area contributed by atoms with Gasteiger partial charge in [-0.05, 0) is 24.1 Å². The van der Waals surface area contributed by atoms with Crippen LogP contribution >= 0.6 is 0 Å². The fourth-order valence-electron chi connectivity index (χ4n) is 1.32. The number of ether oxygens (including phenoxy) is 2. The maximum Gasteiger partial charge on any atom is 0.258 e. The summed E-state index contributed by atoms with van der Waals surface area (Å²) in [5, 5.41) is 2.53. The number of benzene rings is 1. The van der Waals surface area contributed by atoms with Gasteiger partial charge >= 0.3 is 0 Å². The van der Waals surface area contributed by atoms with E-state index in [1.165, 1.54) is 5.56 Å². The number of methoxy groups -OCH3 is 1. The molecular weight excluding hydrogens is 230 g/mol. The number of hydrogen-bond acceptors (Lipinski definition) is 3. The van der Waals surface area contributed by atoms with Gasteiger partial charge in [-0.15, -0.1) is 6.42 Å². The van der Waals surface area contributed by atoms with Gasteiger partial charge in [0.1, 0.15) is 5.75 Å². The molecule has 0 radical (unpaired) electrons. The molecule has 4 heteroatoms.